The molecule has 1 aromatic rings. The molecule has 3 aliphatic rings. The molecule has 0 radical (unpaired) electrons. The third-order valence-corrected chi connectivity index (χ3v) is 5.28. The fourth-order valence-electron chi connectivity index (χ4n) is 3.98. The van der Waals surface area contributed by atoms with Gasteiger partial charge in [-0.25, -0.2) is 4.79 Å². The lowest BCUT2D eigenvalue weighted by Crippen LogP contribution is -2.45. The molecule has 26 heavy (non-hydrogen) atoms. The summed E-state index contributed by atoms with van der Waals surface area (Å²) in [6.45, 7) is 4.57. The van der Waals surface area contributed by atoms with Gasteiger partial charge in [-0.2, -0.15) is 0 Å². The second-order valence-corrected chi connectivity index (χ2v) is 6.99. The van der Waals surface area contributed by atoms with E-state index in [-0.39, 0.29) is 30.3 Å². The standard InChI is InChI=1S/C18H24N4O4/c1-11(23)20-9-17-16-7-12-6-13(21-4-5-25-14(8-19)10-21)2-3-15(12)22(16)18(24)26-17/h2-3,6,14,16-17H,4-5,7-10,19H2,1H3,(H,20,23)/t14-,16+,17+/m1/s1. The summed E-state index contributed by atoms with van der Waals surface area (Å²) in [5.74, 6) is -0.126. The van der Waals surface area contributed by atoms with Gasteiger partial charge in [0.05, 0.1) is 31.0 Å². The topological polar surface area (TPSA) is 97.1 Å². The maximum Gasteiger partial charge on any atom is 0.415 e. The van der Waals surface area contributed by atoms with E-state index in [9.17, 15) is 9.59 Å². The predicted octanol–water partition coefficient (Wildman–Crippen LogP) is 0.237. The quantitative estimate of drug-likeness (QED) is 0.798. The molecule has 3 heterocycles. The van der Waals surface area contributed by atoms with Gasteiger partial charge in [0.1, 0.15) is 6.10 Å². The Morgan fingerprint density at radius 1 is 1.42 bits per heavy atom. The number of nitrogens with two attached hydrogens (primary N) is 1. The summed E-state index contributed by atoms with van der Waals surface area (Å²) in [6.07, 6.45) is 0.111. The van der Waals surface area contributed by atoms with Crippen LogP contribution < -0.4 is 20.9 Å². The van der Waals surface area contributed by atoms with Crippen LogP contribution in [-0.4, -0.2) is 63.0 Å². The minimum Gasteiger partial charge on any atom is -0.442 e. The summed E-state index contributed by atoms with van der Waals surface area (Å²) in [5.41, 5.74) is 8.89. The Balaban J connectivity index is 1.52. The first kappa shape index (κ1) is 17.1. The lowest BCUT2D eigenvalue weighted by atomic mass is 10.0. The third-order valence-electron chi connectivity index (χ3n) is 5.28. The van der Waals surface area contributed by atoms with Crippen LogP contribution in [0.5, 0.6) is 0 Å². The summed E-state index contributed by atoms with van der Waals surface area (Å²) in [6, 6.07) is 6.10. The first-order valence-electron chi connectivity index (χ1n) is 9.00. The van der Waals surface area contributed by atoms with E-state index in [1.807, 2.05) is 12.1 Å². The Morgan fingerprint density at radius 3 is 3.04 bits per heavy atom. The van der Waals surface area contributed by atoms with Gasteiger partial charge in [0.15, 0.2) is 0 Å². The molecule has 4 rings (SSSR count). The molecule has 0 spiro atoms. The lowest BCUT2D eigenvalue weighted by molar-refractivity contribution is -0.119. The number of cyclic esters (lactones) is 1. The molecule has 0 unspecified atom stereocenters. The average molecular weight is 360 g/mol. The normalized spacial score (nSPS) is 27.2. The highest BCUT2D eigenvalue weighted by Gasteiger charge is 2.47. The van der Waals surface area contributed by atoms with Crippen LogP contribution in [0.3, 0.4) is 0 Å². The van der Waals surface area contributed by atoms with Crippen LogP contribution in [-0.2, 0) is 20.7 Å². The zero-order valence-corrected chi connectivity index (χ0v) is 14.8. The maximum atomic E-state index is 12.3. The first-order valence-corrected chi connectivity index (χ1v) is 9.00. The van der Waals surface area contributed by atoms with Crippen molar-refractivity contribution in [3.8, 4) is 0 Å². The minimum absolute atomic E-state index is 0.0529. The van der Waals surface area contributed by atoms with E-state index >= 15 is 0 Å². The van der Waals surface area contributed by atoms with Gasteiger partial charge in [-0.1, -0.05) is 0 Å². The number of hydrogen-bond donors (Lipinski definition) is 2. The van der Waals surface area contributed by atoms with E-state index in [2.05, 4.69) is 16.3 Å². The van der Waals surface area contributed by atoms with E-state index in [4.69, 9.17) is 15.2 Å². The van der Waals surface area contributed by atoms with Gasteiger partial charge in [-0.3, -0.25) is 9.69 Å². The van der Waals surface area contributed by atoms with Gasteiger partial charge in [-0.05, 0) is 30.2 Å². The number of nitrogens with zero attached hydrogens (tertiary/aromatic N) is 2. The second kappa shape index (κ2) is 6.77. The smallest absolute Gasteiger partial charge is 0.415 e. The van der Waals surface area contributed by atoms with E-state index in [0.29, 0.717) is 19.7 Å². The monoisotopic (exact) mass is 360 g/mol. The number of fused-ring (bicyclic) bond motifs is 3. The molecular formula is C18H24N4O4. The van der Waals surface area contributed by atoms with Crippen molar-refractivity contribution >= 4 is 23.4 Å². The molecule has 3 atom stereocenters. The van der Waals surface area contributed by atoms with Gasteiger partial charge < -0.3 is 25.4 Å². The van der Waals surface area contributed by atoms with Crippen LogP contribution in [0, 0.1) is 0 Å². The largest absolute Gasteiger partial charge is 0.442 e. The fraction of sp³-hybridized carbons (Fsp3) is 0.556. The number of rotatable bonds is 4. The molecule has 0 saturated carbocycles. The summed E-state index contributed by atoms with van der Waals surface area (Å²) in [7, 11) is 0. The highest BCUT2D eigenvalue weighted by Crippen LogP contribution is 2.40. The Labute approximate surface area is 152 Å². The van der Waals surface area contributed by atoms with Crippen molar-refractivity contribution in [1.29, 1.82) is 0 Å². The van der Waals surface area contributed by atoms with E-state index in [0.717, 1.165) is 36.4 Å². The summed E-state index contributed by atoms with van der Waals surface area (Å²) < 4.78 is 11.1. The van der Waals surface area contributed by atoms with Crippen molar-refractivity contribution in [3.05, 3.63) is 23.8 Å². The van der Waals surface area contributed by atoms with Crippen LogP contribution in [0.25, 0.3) is 0 Å². The van der Waals surface area contributed by atoms with Gasteiger partial charge in [0.25, 0.3) is 0 Å². The molecule has 1 aromatic carbocycles. The molecule has 0 bridgehead atoms. The zero-order chi connectivity index (χ0) is 18.3. The van der Waals surface area contributed by atoms with Gasteiger partial charge in [0, 0.05) is 32.2 Å². The maximum absolute atomic E-state index is 12.3. The molecule has 0 aliphatic carbocycles. The van der Waals surface area contributed by atoms with Gasteiger partial charge >= 0.3 is 6.09 Å². The first-order chi connectivity index (χ1) is 12.6. The molecule has 3 N–H and O–H groups in total. The van der Waals surface area contributed by atoms with Crippen molar-refractivity contribution in [2.24, 2.45) is 5.73 Å². The molecule has 3 aliphatic heterocycles. The van der Waals surface area contributed by atoms with Crippen LogP contribution in [0.4, 0.5) is 16.2 Å². The van der Waals surface area contributed by atoms with Crippen molar-refractivity contribution in [2.75, 3.05) is 42.6 Å². The number of anilines is 2. The van der Waals surface area contributed by atoms with E-state index < -0.39 is 0 Å². The highest BCUT2D eigenvalue weighted by molar-refractivity contribution is 5.94. The Hall–Kier alpha value is -2.32. The number of carbonyl (C=O) groups excluding carboxylic acids is 2. The highest BCUT2D eigenvalue weighted by atomic mass is 16.6. The van der Waals surface area contributed by atoms with Crippen LogP contribution >= 0.6 is 0 Å². The summed E-state index contributed by atoms with van der Waals surface area (Å²) in [4.78, 5) is 27.5. The van der Waals surface area contributed by atoms with Crippen LogP contribution in [0.2, 0.25) is 0 Å². The fourth-order valence-corrected chi connectivity index (χ4v) is 3.98. The number of benzene rings is 1. The summed E-state index contributed by atoms with van der Waals surface area (Å²) >= 11 is 0. The average Bonchev–Trinajstić information content (AvgIpc) is 3.17. The number of ether oxygens (including phenoxy) is 2. The molecule has 8 nitrogen and oxygen atoms in total. The molecule has 140 valence electrons. The van der Waals surface area contributed by atoms with Crippen molar-refractivity contribution in [3.63, 3.8) is 0 Å². The van der Waals surface area contributed by atoms with Crippen LogP contribution in [0.15, 0.2) is 18.2 Å². The second-order valence-electron chi connectivity index (χ2n) is 6.99. The van der Waals surface area contributed by atoms with Gasteiger partial charge in [0.2, 0.25) is 5.91 Å². The molecule has 8 heteroatoms. The van der Waals surface area contributed by atoms with E-state index in [1.165, 1.54) is 6.92 Å². The van der Waals surface area contributed by atoms with E-state index in [1.54, 1.807) is 4.90 Å². The van der Waals surface area contributed by atoms with Crippen molar-refractivity contribution in [2.45, 2.75) is 31.6 Å². The SMILES string of the molecule is CC(=O)NC[C@@H]1OC(=O)N2c3ccc(N4CCO[C@H](CN)C4)cc3C[C@@H]12. The zero-order valence-electron chi connectivity index (χ0n) is 14.8. The Morgan fingerprint density at radius 2 is 2.27 bits per heavy atom. The molecule has 2 fully saturated rings. The molecular weight excluding hydrogens is 336 g/mol. The third kappa shape index (κ3) is 2.99. The predicted molar refractivity (Wildman–Crippen MR) is 96.4 cm³/mol. The molecule has 2 saturated heterocycles. The number of nitrogens with one attached hydrogen (secondary N) is 1. The van der Waals surface area contributed by atoms with Crippen LogP contribution in [0.1, 0.15) is 12.5 Å². The summed E-state index contributed by atoms with van der Waals surface area (Å²) in [5, 5.41) is 2.75. The number of carbonyl (C=O) groups is 2. The number of morpholine rings is 1. The Bertz CT molecular complexity index is 725. The lowest BCUT2D eigenvalue weighted by Gasteiger charge is -2.34. The molecule has 0 aromatic heterocycles. The minimum atomic E-state index is -0.341. The van der Waals surface area contributed by atoms with Crippen molar-refractivity contribution < 1.29 is 19.1 Å². The molecule has 2 amide bonds. The van der Waals surface area contributed by atoms with Crippen molar-refractivity contribution in [1.82, 2.24) is 5.32 Å². The Kier molecular flexibility index (Phi) is 4.46. The number of amides is 2. The number of hydrogen-bond acceptors (Lipinski definition) is 6. The van der Waals surface area contributed by atoms with Gasteiger partial charge in [-0.15, -0.1) is 0 Å².